The molecular weight excluding hydrogens is 242 g/mol. The summed E-state index contributed by atoms with van der Waals surface area (Å²) in [6.07, 6.45) is 0. The highest BCUT2D eigenvalue weighted by atomic mass is 16.5. The summed E-state index contributed by atoms with van der Waals surface area (Å²) in [5, 5.41) is 12.2. The van der Waals surface area contributed by atoms with E-state index in [1.165, 1.54) is 6.07 Å². The fraction of sp³-hybridized carbons (Fsp3) is 0.133. The molecule has 19 heavy (non-hydrogen) atoms. The number of carbonyl (C=O) groups is 1. The quantitative estimate of drug-likeness (QED) is 0.887. The van der Waals surface area contributed by atoms with Crippen molar-refractivity contribution in [2.45, 2.75) is 0 Å². The third-order valence-corrected chi connectivity index (χ3v) is 2.81. The van der Waals surface area contributed by atoms with Gasteiger partial charge in [0.15, 0.2) is 0 Å². The summed E-state index contributed by atoms with van der Waals surface area (Å²) in [7, 11) is 3.13. The van der Waals surface area contributed by atoms with Gasteiger partial charge in [-0.1, -0.05) is 12.1 Å². The van der Waals surface area contributed by atoms with E-state index < -0.39 is 0 Å². The van der Waals surface area contributed by atoms with Gasteiger partial charge in [0.25, 0.3) is 5.91 Å². The number of hydrogen-bond acceptors (Lipinski definition) is 3. The first-order chi connectivity index (χ1) is 9.13. The molecule has 0 unspecified atom stereocenters. The van der Waals surface area contributed by atoms with Gasteiger partial charge in [0.05, 0.1) is 7.11 Å². The van der Waals surface area contributed by atoms with Crippen molar-refractivity contribution < 1.29 is 14.6 Å². The van der Waals surface area contributed by atoms with Gasteiger partial charge in [0.2, 0.25) is 0 Å². The van der Waals surface area contributed by atoms with Crippen LogP contribution >= 0.6 is 0 Å². The summed E-state index contributed by atoms with van der Waals surface area (Å²) in [6, 6.07) is 12.2. The van der Waals surface area contributed by atoms with Crippen LogP contribution in [0.15, 0.2) is 42.5 Å². The molecule has 2 aromatic rings. The lowest BCUT2D eigenvalue weighted by atomic mass is 10.0. The lowest BCUT2D eigenvalue weighted by Gasteiger charge is -2.08. The molecule has 0 atom stereocenters. The predicted molar refractivity (Wildman–Crippen MR) is 73.5 cm³/mol. The Morgan fingerprint density at radius 3 is 2.63 bits per heavy atom. The fourth-order valence-electron chi connectivity index (χ4n) is 1.85. The molecule has 0 fully saturated rings. The van der Waals surface area contributed by atoms with E-state index in [1.807, 2.05) is 12.1 Å². The molecule has 4 nitrogen and oxygen atoms in total. The number of methoxy groups -OCH3 is 1. The first-order valence-electron chi connectivity index (χ1n) is 5.84. The van der Waals surface area contributed by atoms with E-state index in [4.69, 9.17) is 4.74 Å². The van der Waals surface area contributed by atoms with Crippen LogP contribution in [0.3, 0.4) is 0 Å². The van der Waals surface area contributed by atoms with Crippen LogP contribution in [-0.4, -0.2) is 25.2 Å². The Hall–Kier alpha value is -2.49. The molecule has 0 aliphatic carbocycles. The highest BCUT2D eigenvalue weighted by Crippen LogP contribution is 2.29. The standard InChI is InChI=1S/C15H15NO3/c1-16-15(18)11-5-3-4-10(6-11)12-7-13(17)9-14(8-12)19-2/h3-9,17H,1-2H3,(H,16,18). The Balaban J connectivity index is 2.47. The molecule has 1 amide bonds. The zero-order valence-corrected chi connectivity index (χ0v) is 10.8. The van der Waals surface area contributed by atoms with Crippen LogP contribution in [0.4, 0.5) is 0 Å². The fourth-order valence-corrected chi connectivity index (χ4v) is 1.85. The van der Waals surface area contributed by atoms with E-state index in [0.29, 0.717) is 11.3 Å². The molecule has 0 aliphatic rings. The molecular formula is C15H15NO3. The number of phenolic OH excluding ortho intramolecular Hbond substituents is 1. The molecule has 0 aliphatic heterocycles. The van der Waals surface area contributed by atoms with Gasteiger partial charge < -0.3 is 15.2 Å². The zero-order valence-electron chi connectivity index (χ0n) is 10.8. The molecule has 2 rings (SSSR count). The number of carbonyl (C=O) groups excluding carboxylic acids is 1. The minimum Gasteiger partial charge on any atom is -0.508 e. The second-order valence-electron chi connectivity index (χ2n) is 4.08. The number of nitrogens with one attached hydrogen (secondary N) is 1. The van der Waals surface area contributed by atoms with E-state index in [1.54, 1.807) is 38.4 Å². The first kappa shape index (κ1) is 13.0. The Bertz CT molecular complexity index is 608. The molecule has 0 radical (unpaired) electrons. The number of amides is 1. The zero-order chi connectivity index (χ0) is 13.8. The number of ether oxygens (including phenoxy) is 1. The lowest BCUT2D eigenvalue weighted by Crippen LogP contribution is -2.17. The van der Waals surface area contributed by atoms with E-state index >= 15 is 0 Å². The Morgan fingerprint density at radius 1 is 1.16 bits per heavy atom. The Morgan fingerprint density at radius 2 is 1.95 bits per heavy atom. The molecule has 0 saturated heterocycles. The van der Waals surface area contributed by atoms with Crippen molar-refractivity contribution in [3.05, 3.63) is 48.0 Å². The smallest absolute Gasteiger partial charge is 0.251 e. The van der Waals surface area contributed by atoms with Crippen LogP contribution in [0, 0.1) is 0 Å². The largest absolute Gasteiger partial charge is 0.508 e. The molecule has 0 bridgehead atoms. The van der Waals surface area contributed by atoms with Crippen LogP contribution in [0.5, 0.6) is 11.5 Å². The summed E-state index contributed by atoms with van der Waals surface area (Å²) in [5.74, 6) is 0.550. The van der Waals surface area contributed by atoms with Gasteiger partial charge in [-0.3, -0.25) is 4.79 Å². The van der Waals surface area contributed by atoms with Crippen molar-refractivity contribution in [1.82, 2.24) is 5.32 Å². The molecule has 2 aromatic carbocycles. The third kappa shape index (κ3) is 2.85. The van der Waals surface area contributed by atoms with E-state index in [9.17, 15) is 9.90 Å². The van der Waals surface area contributed by atoms with Crippen molar-refractivity contribution in [2.24, 2.45) is 0 Å². The van der Waals surface area contributed by atoms with Gasteiger partial charge in [-0.2, -0.15) is 0 Å². The monoisotopic (exact) mass is 257 g/mol. The third-order valence-electron chi connectivity index (χ3n) is 2.81. The highest BCUT2D eigenvalue weighted by Gasteiger charge is 2.07. The summed E-state index contributed by atoms with van der Waals surface area (Å²) in [6.45, 7) is 0. The maximum atomic E-state index is 11.6. The Labute approximate surface area is 111 Å². The maximum Gasteiger partial charge on any atom is 0.251 e. The Kier molecular flexibility index (Phi) is 3.71. The second kappa shape index (κ2) is 5.44. The predicted octanol–water partition coefficient (Wildman–Crippen LogP) is 2.43. The normalized spacial score (nSPS) is 10.0. The summed E-state index contributed by atoms with van der Waals surface area (Å²) in [5.41, 5.74) is 2.21. The summed E-state index contributed by atoms with van der Waals surface area (Å²) in [4.78, 5) is 11.6. The summed E-state index contributed by atoms with van der Waals surface area (Å²) < 4.78 is 5.12. The molecule has 0 heterocycles. The van der Waals surface area contributed by atoms with Crippen LogP contribution < -0.4 is 10.1 Å². The van der Waals surface area contributed by atoms with Gasteiger partial charge in [0.1, 0.15) is 11.5 Å². The van der Waals surface area contributed by atoms with Gasteiger partial charge in [0, 0.05) is 18.7 Å². The number of aromatic hydroxyl groups is 1. The lowest BCUT2D eigenvalue weighted by molar-refractivity contribution is 0.0963. The number of phenols is 1. The van der Waals surface area contributed by atoms with Crippen molar-refractivity contribution >= 4 is 5.91 Å². The molecule has 4 heteroatoms. The molecule has 0 aromatic heterocycles. The topological polar surface area (TPSA) is 58.6 Å². The van der Waals surface area contributed by atoms with Gasteiger partial charge in [-0.25, -0.2) is 0 Å². The minimum atomic E-state index is -0.144. The second-order valence-corrected chi connectivity index (χ2v) is 4.08. The van der Waals surface area contributed by atoms with Crippen molar-refractivity contribution in [1.29, 1.82) is 0 Å². The van der Waals surface area contributed by atoms with Crippen LogP contribution in [0.1, 0.15) is 10.4 Å². The van der Waals surface area contributed by atoms with Gasteiger partial charge in [-0.15, -0.1) is 0 Å². The highest BCUT2D eigenvalue weighted by molar-refractivity contribution is 5.95. The van der Waals surface area contributed by atoms with Crippen molar-refractivity contribution in [3.63, 3.8) is 0 Å². The number of rotatable bonds is 3. The molecule has 0 saturated carbocycles. The minimum absolute atomic E-state index is 0.125. The SMILES string of the molecule is CNC(=O)c1cccc(-c2cc(O)cc(OC)c2)c1. The first-order valence-corrected chi connectivity index (χ1v) is 5.84. The molecule has 98 valence electrons. The molecule has 0 spiro atoms. The number of hydrogen-bond donors (Lipinski definition) is 2. The average Bonchev–Trinajstić information content (AvgIpc) is 2.45. The van der Waals surface area contributed by atoms with E-state index in [0.717, 1.165) is 11.1 Å². The van der Waals surface area contributed by atoms with Gasteiger partial charge >= 0.3 is 0 Å². The molecule has 2 N–H and O–H groups in total. The van der Waals surface area contributed by atoms with Crippen LogP contribution in [0.2, 0.25) is 0 Å². The van der Waals surface area contributed by atoms with Crippen LogP contribution in [-0.2, 0) is 0 Å². The van der Waals surface area contributed by atoms with E-state index in [-0.39, 0.29) is 11.7 Å². The van der Waals surface area contributed by atoms with E-state index in [2.05, 4.69) is 5.32 Å². The summed E-state index contributed by atoms with van der Waals surface area (Å²) >= 11 is 0. The maximum absolute atomic E-state index is 11.6. The van der Waals surface area contributed by atoms with Crippen LogP contribution in [0.25, 0.3) is 11.1 Å². The van der Waals surface area contributed by atoms with Gasteiger partial charge in [-0.05, 0) is 35.4 Å². The average molecular weight is 257 g/mol. The van der Waals surface area contributed by atoms with Crippen molar-refractivity contribution in [3.8, 4) is 22.6 Å². The number of benzene rings is 2. The van der Waals surface area contributed by atoms with Crippen molar-refractivity contribution in [2.75, 3.05) is 14.2 Å².